The molecule has 16 heavy (non-hydrogen) atoms. The molecule has 1 aliphatic heterocycles. The zero-order valence-electron chi connectivity index (χ0n) is 9.62. The van der Waals surface area contributed by atoms with Gasteiger partial charge in [0, 0.05) is 5.57 Å². The van der Waals surface area contributed by atoms with Gasteiger partial charge in [0.05, 0.1) is 4.75 Å². The third kappa shape index (κ3) is 1.96. The average molecular weight is 236 g/mol. The third-order valence-corrected chi connectivity index (χ3v) is 4.29. The van der Waals surface area contributed by atoms with Gasteiger partial charge >= 0.3 is 0 Å². The molecule has 86 valence electrons. The van der Waals surface area contributed by atoms with Crippen LogP contribution in [0.4, 0.5) is 0 Å². The standard InChI is InChI=1S/C13H16O2S/c1-9-11(14)13(2,16-12(9)15)8-10-6-4-3-5-7-10/h4,6,8,14H,3,5,7H2,1-2H3/b10-8-/t13-/m1/s1. The predicted molar refractivity (Wildman–Crippen MR) is 67.4 cm³/mol. The summed E-state index contributed by atoms with van der Waals surface area (Å²) in [5, 5.41) is 9.97. The largest absolute Gasteiger partial charge is 0.510 e. The van der Waals surface area contributed by atoms with Crippen molar-refractivity contribution in [2.45, 2.75) is 37.9 Å². The number of thioether (sulfide) groups is 1. The number of aliphatic hydroxyl groups excluding tert-OH is 1. The summed E-state index contributed by atoms with van der Waals surface area (Å²) in [4.78, 5) is 11.5. The number of carbonyl (C=O) groups is 1. The minimum atomic E-state index is -0.557. The summed E-state index contributed by atoms with van der Waals surface area (Å²) >= 11 is 1.20. The molecule has 0 bridgehead atoms. The van der Waals surface area contributed by atoms with Gasteiger partial charge in [-0.1, -0.05) is 35.6 Å². The first kappa shape index (κ1) is 11.5. The Morgan fingerprint density at radius 2 is 2.31 bits per heavy atom. The van der Waals surface area contributed by atoms with E-state index in [-0.39, 0.29) is 10.9 Å². The second-order valence-electron chi connectivity index (χ2n) is 4.48. The molecule has 0 spiro atoms. The first-order valence-electron chi connectivity index (χ1n) is 5.55. The van der Waals surface area contributed by atoms with Gasteiger partial charge in [0.15, 0.2) is 0 Å². The zero-order valence-corrected chi connectivity index (χ0v) is 10.4. The molecular formula is C13H16O2S. The van der Waals surface area contributed by atoms with E-state index in [4.69, 9.17) is 0 Å². The molecule has 1 aliphatic carbocycles. The molecule has 1 atom stereocenters. The van der Waals surface area contributed by atoms with Gasteiger partial charge in [-0.25, -0.2) is 0 Å². The van der Waals surface area contributed by atoms with Gasteiger partial charge in [-0.3, -0.25) is 4.79 Å². The van der Waals surface area contributed by atoms with E-state index < -0.39 is 4.75 Å². The maximum atomic E-state index is 11.5. The Balaban J connectivity index is 2.31. The summed E-state index contributed by atoms with van der Waals surface area (Å²) in [7, 11) is 0. The van der Waals surface area contributed by atoms with E-state index in [2.05, 4.69) is 12.2 Å². The van der Waals surface area contributed by atoms with Crippen LogP contribution in [0.1, 0.15) is 33.1 Å². The molecule has 3 heteroatoms. The van der Waals surface area contributed by atoms with Crippen molar-refractivity contribution >= 4 is 16.9 Å². The van der Waals surface area contributed by atoms with E-state index in [1.54, 1.807) is 6.92 Å². The molecule has 0 aromatic rings. The molecular weight excluding hydrogens is 220 g/mol. The second kappa shape index (κ2) is 4.13. The molecule has 1 heterocycles. The molecule has 0 saturated carbocycles. The van der Waals surface area contributed by atoms with E-state index in [0.29, 0.717) is 5.57 Å². The third-order valence-electron chi connectivity index (χ3n) is 3.07. The lowest BCUT2D eigenvalue weighted by Crippen LogP contribution is -2.18. The Morgan fingerprint density at radius 1 is 1.56 bits per heavy atom. The van der Waals surface area contributed by atoms with Crippen molar-refractivity contribution in [2.75, 3.05) is 0 Å². The maximum absolute atomic E-state index is 11.5. The van der Waals surface area contributed by atoms with Crippen LogP contribution in [0.15, 0.2) is 35.1 Å². The summed E-state index contributed by atoms with van der Waals surface area (Å²) < 4.78 is -0.557. The summed E-state index contributed by atoms with van der Waals surface area (Å²) in [5.74, 6) is 0.217. The lowest BCUT2D eigenvalue weighted by Gasteiger charge is -2.20. The molecule has 1 N–H and O–H groups in total. The highest BCUT2D eigenvalue weighted by Crippen LogP contribution is 2.44. The SMILES string of the molecule is CC1=C(O)[C@@](C)(/C=C2/C=CCCC2)SC1=O. The zero-order chi connectivity index (χ0) is 11.8. The molecule has 0 aromatic carbocycles. The summed E-state index contributed by atoms with van der Waals surface area (Å²) in [5.41, 5.74) is 1.71. The fourth-order valence-corrected chi connectivity index (χ4v) is 3.20. The number of rotatable bonds is 1. The van der Waals surface area contributed by atoms with Crippen LogP contribution in [0.25, 0.3) is 0 Å². The normalized spacial score (nSPS) is 32.9. The van der Waals surface area contributed by atoms with E-state index in [1.807, 2.05) is 13.0 Å². The van der Waals surface area contributed by atoms with Crippen LogP contribution in [0.5, 0.6) is 0 Å². The fraction of sp³-hybridized carbons (Fsp3) is 0.462. The van der Waals surface area contributed by atoms with Crippen LogP contribution in [0.2, 0.25) is 0 Å². The first-order chi connectivity index (χ1) is 7.53. The number of carbonyl (C=O) groups excluding carboxylic acids is 1. The number of hydrogen-bond donors (Lipinski definition) is 1. The molecule has 0 unspecified atom stereocenters. The Hall–Kier alpha value is -0.960. The molecule has 0 aromatic heterocycles. The Bertz CT molecular complexity index is 418. The summed E-state index contributed by atoms with van der Waals surface area (Å²) in [6.45, 7) is 3.59. The van der Waals surface area contributed by atoms with Crippen LogP contribution in [0.3, 0.4) is 0 Å². The highest BCUT2D eigenvalue weighted by molar-refractivity contribution is 8.16. The summed E-state index contributed by atoms with van der Waals surface area (Å²) in [6.07, 6.45) is 9.58. The van der Waals surface area contributed by atoms with Crippen LogP contribution in [0, 0.1) is 0 Å². The molecule has 2 rings (SSSR count). The van der Waals surface area contributed by atoms with Crippen LogP contribution in [-0.2, 0) is 4.79 Å². The van der Waals surface area contributed by atoms with Crippen LogP contribution >= 0.6 is 11.8 Å². The number of aliphatic hydroxyl groups is 1. The molecule has 0 radical (unpaired) electrons. The molecule has 0 saturated heterocycles. The number of hydrogen-bond acceptors (Lipinski definition) is 3. The van der Waals surface area contributed by atoms with Crippen molar-refractivity contribution < 1.29 is 9.90 Å². The van der Waals surface area contributed by atoms with Crippen molar-refractivity contribution in [1.82, 2.24) is 0 Å². The van der Waals surface area contributed by atoms with Gasteiger partial charge in [0.2, 0.25) is 5.12 Å². The van der Waals surface area contributed by atoms with Gasteiger partial charge in [-0.05, 0) is 33.1 Å². The van der Waals surface area contributed by atoms with E-state index in [9.17, 15) is 9.90 Å². The van der Waals surface area contributed by atoms with Gasteiger partial charge in [-0.2, -0.15) is 0 Å². The predicted octanol–water partition coefficient (Wildman–Crippen LogP) is 3.52. The van der Waals surface area contributed by atoms with Crippen molar-refractivity contribution in [2.24, 2.45) is 0 Å². The Kier molecular flexibility index (Phi) is 2.98. The Morgan fingerprint density at radius 3 is 2.81 bits per heavy atom. The van der Waals surface area contributed by atoms with Gasteiger partial charge in [0.1, 0.15) is 5.76 Å². The monoisotopic (exact) mass is 236 g/mol. The second-order valence-corrected chi connectivity index (χ2v) is 5.91. The van der Waals surface area contributed by atoms with Crippen molar-refractivity contribution in [1.29, 1.82) is 0 Å². The van der Waals surface area contributed by atoms with Gasteiger partial charge in [-0.15, -0.1) is 0 Å². The van der Waals surface area contributed by atoms with E-state index in [0.717, 1.165) is 19.3 Å². The molecule has 2 nitrogen and oxygen atoms in total. The average Bonchev–Trinajstić information content (AvgIpc) is 2.44. The minimum absolute atomic E-state index is 0.0170. The maximum Gasteiger partial charge on any atom is 0.219 e. The van der Waals surface area contributed by atoms with Crippen molar-refractivity contribution in [3.05, 3.63) is 35.1 Å². The van der Waals surface area contributed by atoms with Crippen molar-refractivity contribution in [3.8, 4) is 0 Å². The topological polar surface area (TPSA) is 37.3 Å². The molecule has 2 aliphatic rings. The highest BCUT2D eigenvalue weighted by Gasteiger charge is 2.40. The smallest absolute Gasteiger partial charge is 0.219 e. The number of allylic oxidation sites excluding steroid dienone is 3. The molecule has 0 amide bonds. The van der Waals surface area contributed by atoms with Gasteiger partial charge < -0.3 is 5.11 Å². The quantitative estimate of drug-likeness (QED) is 0.757. The summed E-state index contributed by atoms with van der Waals surface area (Å²) in [6, 6.07) is 0. The highest BCUT2D eigenvalue weighted by atomic mass is 32.2. The van der Waals surface area contributed by atoms with Gasteiger partial charge in [0.25, 0.3) is 0 Å². The van der Waals surface area contributed by atoms with Crippen LogP contribution < -0.4 is 0 Å². The lowest BCUT2D eigenvalue weighted by molar-refractivity contribution is -0.107. The fourth-order valence-electron chi connectivity index (χ4n) is 2.10. The van der Waals surface area contributed by atoms with E-state index >= 15 is 0 Å². The van der Waals surface area contributed by atoms with E-state index in [1.165, 1.54) is 17.3 Å². The lowest BCUT2D eigenvalue weighted by atomic mass is 9.96. The van der Waals surface area contributed by atoms with Crippen molar-refractivity contribution in [3.63, 3.8) is 0 Å². The first-order valence-corrected chi connectivity index (χ1v) is 6.36. The van der Waals surface area contributed by atoms with Crippen LogP contribution in [-0.4, -0.2) is 15.0 Å². The Labute approximate surface area is 100 Å². The minimum Gasteiger partial charge on any atom is -0.510 e. The molecule has 0 fully saturated rings.